The zero-order valence-corrected chi connectivity index (χ0v) is 18.2. The first-order valence-corrected chi connectivity index (χ1v) is 10.9. The Morgan fingerprint density at radius 3 is 2.53 bits per heavy atom. The number of thioether (sulfide) groups is 1. The molecule has 2 aliphatic rings. The van der Waals surface area contributed by atoms with Crippen LogP contribution in [0.25, 0.3) is 6.08 Å². The standard InChI is InChI=1S/C24H16ClNO5S/c25-19-12-21-20(29-14-30-21)11-16(19)13-26-23(27)22(32-24(26)28)10-15-5-4-8-18(9-15)31-17-6-2-1-3-7-17/h1-12H,13-14H2/b22-10-. The lowest BCUT2D eigenvalue weighted by Gasteiger charge is -2.14. The van der Waals surface area contributed by atoms with Crippen molar-refractivity contribution in [2.45, 2.75) is 6.54 Å². The third kappa shape index (κ3) is 4.17. The number of hydrogen-bond donors (Lipinski definition) is 0. The number of imide groups is 1. The van der Waals surface area contributed by atoms with Gasteiger partial charge in [0.2, 0.25) is 6.79 Å². The summed E-state index contributed by atoms with van der Waals surface area (Å²) in [5.41, 5.74) is 1.36. The second-order valence-electron chi connectivity index (χ2n) is 7.05. The second kappa shape index (κ2) is 8.61. The van der Waals surface area contributed by atoms with Gasteiger partial charge >= 0.3 is 0 Å². The van der Waals surface area contributed by atoms with Gasteiger partial charge in [0.05, 0.1) is 11.4 Å². The molecule has 8 heteroatoms. The van der Waals surface area contributed by atoms with Crippen LogP contribution in [-0.4, -0.2) is 22.8 Å². The molecular formula is C24H16ClNO5S. The molecule has 0 aliphatic carbocycles. The third-order valence-corrected chi connectivity index (χ3v) is 6.14. The maximum atomic E-state index is 12.9. The molecule has 0 spiro atoms. The van der Waals surface area contributed by atoms with Crippen molar-refractivity contribution in [3.05, 3.63) is 87.8 Å². The van der Waals surface area contributed by atoms with Crippen molar-refractivity contribution in [1.29, 1.82) is 0 Å². The van der Waals surface area contributed by atoms with Gasteiger partial charge in [-0.25, -0.2) is 0 Å². The molecular weight excluding hydrogens is 450 g/mol. The van der Waals surface area contributed by atoms with Crippen LogP contribution in [0, 0.1) is 0 Å². The predicted octanol–water partition coefficient (Wildman–Crippen LogP) is 6.10. The number of benzene rings is 3. The van der Waals surface area contributed by atoms with Crippen LogP contribution in [0.2, 0.25) is 5.02 Å². The van der Waals surface area contributed by atoms with E-state index in [9.17, 15) is 9.59 Å². The number of hydrogen-bond acceptors (Lipinski definition) is 6. The summed E-state index contributed by atoms with van der Waals surface area (Å²) in [6.45, 7) is 0.168. The summed E-state index contributed by atoms with van der Waals surface area (Å²) in [6.07, 6.45) is 1.68. The van der Waals surface area contributed by atoms with Crippen LogP contribution >= 0.6 is 23.4 Å². The average Bonchev–Trinajstić information content (AvgIpc) is 3.34. The van der Waals surface area contributed by atoms with Crippen molar-refractivity contribution in [2.75, 3.05) is 6.79 Å². The highest BCUT2D eigenvalue weighted by atomic mass is 35.5. The van der Waals surface area contributed by atoms with Crippen LogP contribution in [-0.2, 0) is 11.3 Å². The molecule has 0 saturated carbocycles. The van der Waals surface area contributed by atoms with E-state index >= 15 is 0 Å². The highest BCUT2D eigenvalue weighted by Gasteiger charge is 2.35. The van der Waals surface area contributed by atoms with Crippen molar-refractivity contribution in [2.24, 2.45) is 0 Å². The Balaban J connectivity index is 1.34. The molecule has 2 amide bonds. The molecule has 0 radical (unpaired) electrons. The first kappa shape index (κ1) is 20.5. The van der Waals surface area contributed by atoms with Crippen molar-refractivity contribution >= 4 is 40.6 Å². The van der Waals surface area contributed by atoms with Crippen molar-refractivity contribution < 1.29 is 23.8 Å². The number of carbonyl (C=O) groups is 2. The number of carbonyl (C=O) groups excluding carboxylic acids is 2. The van der Waals surface area contributed by atoms with E-state index in [0.29, 0.717) is 38.5 Å². The van der Waals surface area contributed by atoms with E-state index in [1.807, 2.05) is 54.6 Å². The highest BCUT2D eigenvalue weighted by molar-refractivity contribution is 8.18. The zero-order valence-electron chi connectivity index (χ0n) is 16.6. The van der Waals surface area contributed by atoms with Gasteiger partial charge in [-0.15, -0.1) is 0 Å². The normalized spacial score (nSPS) is 16.2. The second-order valence-corrected chi connectivity index (χ2v) is 8.45. The van der Waals surface area contributed by atoms with Gasteiger partial charge in [0.25, 0.3) is 11.1 Å². The molecule has 160 valence electrons. The van der Waals surface area contributed by atoms with Crippen molar-refractivity contribution in [3.8, 4) is 23.0 Å². The molecule has 1 saturated heterocycles. The molecule has 0 aromatic heterocycles. The smallest absolute Gasteiger partial charge is 0.293 e. The first-order chi connectivity index (χ1) is 15.6. The summed E-state index contributed by atoms with van der Waals surface area (Å²) >= 11 is 7.21. The Kier molecular flexibility index (Phi) is 5.51. The number of halogens is 1. The molecule has 2 heterocycles. The van der Waals surface area contributed by atoms with Gasteiger partial charge in [-0.1, -0.05) is 41.9 Å². The number of fused-ring (bicyclic) bond motifs is 1. The molecule has 0 N–H and O–H groups in total. The van der Waals surface area contributed by atoms with Crippen LogP contribution in [0.1, 0.15) is 11.1 Å². The minimum Gasteiger partial charge on any atom is -0.457 e. The lowest BCUT2D eigenvalue weighted by Crippen LogP contribution is -2.27. The quantitative estimate of drug-likeness (QED) is 0.424. The van der Waals surface area contributed by atoms with E-state index in [1.54, 1.807) is 18.2 Å². The van der Waals surface area contributed by atoms with Crippen molar-refractivity contribution in [3.63, 3.8) is 0 Å². The number of ether oxygens (including phenoxy) is 3. The maximum Gasteiger partial charge on any atom is 0.293 e. The molecule has 0 atom stereocenters. The van der Waals surface area contributed by atoms with Crippen LogP contribution in [0.3, 0.4) is 0 Å². The van der Waals surface area contributed by atoms with E-state index in [4.69, 9.17) is 25.8 Å². The number of rotatable bonds is 5. The number of amides is 2. The molecule has 2 aliphatic heterocycles. The lowest BCUT2D eigenvalue weighted by molar-refractivity contribution is -0.123. The first-order valence-electron chi connectivity index (χ1n) is 9.73. The SMILES string of the molecule is O=C1S/C(=C\c2cccc(Oc3ccccc3)c2)C(=O)N1Cc1cc2c(cc1Cl)OCO2. The minimum absolute atomic E-state index is 0.0502. The van der Waals surface area contributed by atoms with Gasteiger partial charge < -0.3 is 14.2 Å². The molecule has 32 heavy (non-hydrogen) atoms. The average molecular weight is 466 g/mol. The van der Waals surface area contributed by atoms with Gasteiger partial charge in [0.15, 0.2) is 11.5 Å². The van der Waals surface area contributed by atoms with E-state index in [2.05, 4.69) is 0 Å². The fourth-order valence-electron chi connectivity index (χ4n) is 3.33. The Bertz CT molecular complexity index is 1240. The molecule has 3 aromatic rings. The Labute approximate surface area is 193 Å². The lowest BCUT2D eigenvalue weighted by atomic mass is 10.1. The van der Waals surface area contributed by atoms with Gasteiger partial charge in [0, 0.05) is 11.1 Å². The Morgan fingerprint density at radius 2 is 1.72 bits per heavy atom. The monoisotopic (exact) mass is 465 g/mol. The fraction of sp³-hybridized carbons (Fsp3) is 0.0833. The summed E-state index contributed by atoms with van der Waals surface area (Å²) in [5.74, 6) is 2.07. The van der Waals surface area contributed by atoms with E-state index in [-0.39, 0.29) is 24.5 Å². The highest BCUT2D eigenvalue weighted by Crippen LogP contribution is 2.39. The molecule has 3 aromatic carbocycles. The number of para-hydroxylation sites is 1. The topological polar surface area (TPSA) is 65.1 Å². The predicted molar refractivity (Wildman–Crippen MR) is 122 cm³/mol. The summed E-state index contributed by atoms with van der Waals surface area (Å²) < 4.78 is 16.5. The minimum atomic E-state index is -0.372. The molecule has 0 bridgehead atoms. The summed E-state index contributed by atoms with van der Waals surface area (Å²) in [6, 6.07) is 20.1. The van der Waals surface area contributed by atoms with E-state index < -0.39 is 0 Å². The van der Waals surface area contributed by atoms with E-state index in [1.165, 1.54) is 4.90 Å². The summed E-state index contributed by atoms with van der Waals surface area (Å²) in [5, 5.41) is 0.0507. The molecule has 1 fully saturated rings. The van der Waals surface area contributed by atoms with Crippen molar-refractivity contribution in [1.82, 2.24) is 4.90 Å². The van der Waals surface area contributed by atoms with Gasteiger partial charge in [-0.2, -0.15) is 0 Å². The van der Waals surface area contributed by atoms with Crippen LogP contribution in [0.15, 0.2) is 71.6 Å². The van der Waals surface area contributed by atoms with Gasteiger partial charge in [-0.05, 0) is 59.3 Å². The molecule has 6 nitrogen and oxygen atoms in total. The largest absolute Gasteiger partial charge is 0.457 e. The third-order valence-electron chi connectivity index (χ3n) is 4.88. The Morgan fingerprint density at radius 1 is 0.969 bits per heavy atom. The van der Waals surface area contributed by atoms with Crippen LogP contribution in [0.5, 0.6) is 23.0 Å². The Hall–Kier alpha value is -3.42. The van der Waals surface area contributed by atoms with Gasteiger partial charge in [-0.3, -0.25) is 14.5 Å². The zero-order chi connectivity index (χ0) is 22.1. The summed E-state index contributed by atoms with van der Waals surface area (Å²) in [7, 11) is 0. The van der Waals surface area contributed by atoms with Crippen LogP contribution < -0.4 is 14.2 Å². The summed E-state index contributed by atoms with van der Waals surface area (Å²) in [4.78, 5) is 27.0. The van der Waals surface area contributed by atoms with Gasteiger partial charge in [0.1, 0.15) is 11.5 Å². The fourth-order valence-corrected chi connectivity index (χ4v) is 4.38. The molecule has 0 unspecified atom stereocenters. The maximum absolute atomic E-state index is 12.9. The van der Waals surface area contributed by atoms with E-state index in [0.717, 1.165) is 17.3 Å². The molecule has 5 rings (SSSR count). The van der Waals surface area contributed by atoms with Crippen LogP contribution in [0.4, 0.5) is 4.79 Å². The number of nitrogens with zero attached hydrogens (tertiary/aromatic N) is 1.